The van der Waals surface area contributed by atoms with Gasteiger partial charge in [-0.25, -0.2) is 14.8 Å². The Bertz CT molecular complexity index is 962. The summed E-state index contributed by atoms with van der Waals surface area (Å²) in [6, 6.07) is 5.35. The second-order valence-electron chi connectivity index (χ2n) is 8.14. The summed E-state index contributed by atoms with van der Waals surface area (Å²) < 4.78 is 16.1. The van der Waals surface area contributed by atoms with Crippen LogP contribution in [0.25, 0.3) is 0 Å². The fourth-order valence-electron chi connectivity index (χ4n) is 4.30. The number of methoxy groups -OCH3 is 3. The van der Waals surface area contributed by atoms with E-state index in [1.165, 1.54) is 12.8 Å². The molecule has 1 aromatic carbocycles. The van der Waals surface area contributed by atoms with E-state index in [2.05, 4.69) is 31.2 Å². The second-order valence-corrected chi connectivity index (χ2v) is 8.14. The Morgan fingerprint density at radius 3 is 1.88 bits per heavy atom. The van der Waals surface area contributed by atoms with Gasteiger partial charge in [0, 0.05) is 57.5 Å². The number of piperazine rings is 1. The van der Waals surface area contributed by atoms with Crippen molar-refractivity contribution in [3.63, 3.8) is 0 Å². The fourth-order valence-corrected chi connectivity index (χ4v) is 4.30. The van der Waals surface area contributed by atoms with Gasteiger partial charge in [0.25, 0.3) is 0 Å². The number of nitrogens with one attached hydrogen (secondary N) is 1. The summed E-state index contributed by atoms with van der Waals surface area (Å²) in [6.45, 7) is 6.63. The number of carbonyl (C=O) groups is 1. The van der Waals surface area contributed by atoms with Gasteiger partial charge in [-0.2, -0.15) is 0 Å². The summed E-state index contributed by atoms with van der Waals surface area (Å²) in [5, 5.41) is 2.94. The van der Waals surface area contributed by atoms with Crippen molar-refractivity contribution in [2.24, 2.45) is 0 Å². The van der Waals surface area contributed by atoms with Crippen LogP contribution >= 0.6 is 0 Å². The van der Waals surface area contributed by atoms with E-state index >= 15 is 0 Å². The standard InChI is InChI=1S/C23H32N6O4/c1-16-24-20(27-7-5-6-8-27)15-21(25-16)28-9-11-29(12-10-28)23(30)26-17-13-18(31-2)22(33-4)19(14-17)32-3/h13-15H,5-12H2,1-4H3,(H,26,30). The van der Waals surface area contributed by atoms with Gasteiger partial charge in [0.2, 0.25) is 5.75 Å². The monoisotopic (exact) mass is 456 g/mol. The number of aromatic nitrogens is 2. The number of carbonyl (C=O) groups excluding carboxylic acids is 1. The minimum atomic E-state index is -0.166. The highest BCUT2D eigenvalue weighted by atomic mass is 16.5. The first-order valence-corrected chi connectivity index (χ1v) is 11.2. The number of nitrogens with zero attached hydrogens (tertiary/aromatic N) is 5. The van der Waals surface area contributed by atoms with Crippen LogP contribution in [0.2, 0.25) is 0 Å². The van der Waals surface area contributed by atoms with Crippen LogP contribution in [0.5, 0.6) is 17.2 Å². The SMILES string of the molecule is COc1cc(NC(=O)N2CCN(c3cc(N4CCCC4)nc(C)n3)CC2)cc(OC)c1OC. The summed E-state index contributed by atoms with van der Waals surface area (Å²) in [6.07, 6.45) is 2.41. The number of hydrogen-bond acceptors (Lipinski definition) is 8. The molecule has 178 valence electrons. The zero-order valence-corrected chi connectivity index (χ0v) is 19.8. The Kier molecular flexibility index (Phi) is 6.90. The number of hydrogen-bond donors (Lipinski definition) is 1. The largest absolute Gasteiger partial charge is 0.493 e. The van der Waals surface area contributed by atoms with E-state index in [1.54, 1.807) is 38.4 Å². The second kappa shape index (κ2) is 10.0. The molecule has 1 N–H and O–H groups in total. The minimum Gasteiger partial charge on any atom is -0.493 e. The van der Waals surface area contributed by atoms with E-state index in [0.717, 1.165) is 30.5 Å². The van der Waals surface area contributed by atoms with Gasteiger partial charge in [0.15, 0.2) is 11.5 Å². The number of benzene rings is 1. The first kappa shape index (κ1) is 22.8. The molecule has 3 heterocycles. The van der Waals surface area contributed by atoms with Gasteiger partial charge >= 0.3 is 6.03 Å². The third-order valence-electron chi connectivity index (χ3n) is 6.05. The average molecular weight is 457 g/mol. The Morgan fingerprint density at radius 2 is 1.36 bits per heavy atom. The molecule has 2 fully saturated rings. The van der Waals surface area contributed by atoms with Crippen molar-refractivity contribution >= 4 is 23.4 Å². The Balaban J connectivity index is 1.40. The van der Waals surface area contributed by atoms with Crippen LogP contribution in [-0.4, -0.2) is 81.5 Å². The molecule has 0 radical (unpaired) electrons. The molecular formula is C23H32N6O4. The average Bonchev–Trinajstić information content (AvgIpc) is 3.38. The topological polar surface area (TPSA) is 92.3 Å². The van der Waals surface area contributed by atoms with Crippen molar-refractivity contribution in [1.82, 2.24) is 14.9 Å². The third kappa shape index (κ3) is 4.99. The molecule has 2 saturated heterocycles. The summed E-state index contributed by atoms with van der Waals surface area (Å²) in [4.78, 5) is 28.5. The van der Waals surface area contributed by atoms with Crippen molar-refractivity contribution in [3.05, 3.63) is 24.0 Å². The molecule has 10 nitrogen and oxygen atoms in total. The molecule has 2 aliphatic heterocycles. The molecule has 33 heavy (non-hydrogen) atoms. The van der Waals surface area contributed by atoms with Crippen molar-refractivity contribution in [1.29, 1.82) is 0 Å². The summed E-state index contributed by atoms with van der Waals surface area (Å²) >= 11 is 0. The lowest BCUT2D eigenvalue weighted by Gasteiger charge is -2.35. The van der Waals surface area contributed by atoms with Crippen LogP contribution in [0.3, 0.4) is 0 Å². The van der Waals surface area contributed by atoms with Crippen molar-refractivity contribution in [2.45, 2.75) is 19.8 Å². The van der Waals surface area contributed by atoms with Gasteiger partial charge < -0.3 is 34.2 Å². The van der Waals surface area contributed by atoms with Crippen LogP contribution in [0.1, 0.15) is 18.7 Å². The molecule has 0 atom stereocenters. The zero-order valence-electron chi connectivity index (χ0n) is 19.8. The van der Waals surface area contributed by atoms with Crippen LogP contribution in [0.4, 0.5) is 22.1 Å². The van der Waals surface area contributed by atoms with E-state index in [4.69, 9.17) is 14.2 Å². The summed E-state index contributed by atoms with van der Waals surface area (Å²) in [5.74, 6) is 4.17. The first-order valence-electron chi connectivity index (χ1n) is 11.2. The van der Waals surface area contributed by atoms with Crippen LogP contribution in [-0.2, 0) is 0 Å². The molecule has 2 amide bonds. The Hall–Kier alpha value is -3.43. The molecule has 0 unspecified atom stereocenters. The van der Waals surface area contributed by atoms with Crippen LogP contribution < -0.4 is 29.3 Å². The molecule has 1 aromatic heterocycles. The summed E-state index contributed by atoms with van der Waals surface area (Å²) in [7, 11) is 4.64. The molecule has 4 rings (SSSR count). The lowest BCUT2D eigenvalue weighted by molar-refractivity contribution is 0.208. The number of aryl methyl sites for hydroxylation is 1. The molecule has 0 bridgehead atoms. The maximum Gasteiger partial charge on any atom is 0.321 e. The normalized spacial score (nSPS) is 16.1. The first-order chi connectivity index (χ1) is 16.0. The number of urea groups is 1. The quantitative estimate of drug-likeness (QED) is 0.710. The van der Waals surface area contributed by atoms with E-state index in [9.17, 15) is 4.79 Å². The third-order valence-corrected chi connectivity index (χ3v) is 6.05. The number of ether oxygens (including phenoxy) is 3. The molecule has 0 saturated carbocycles. The predicted octanol–water partition coefficient (Wildman–Crippen LogP) is 2.77. The van der Waals surface area contributed by atoms with Crippen LogP contribution in [0, 0.1) is 6.92 Å². The summed E-state index contributed by atoms with van der Waals surface area (Å²) in [5.41, 5.74) is 0.582. The fraction of sp³-hybridized carbons (Fsp3) is 0.522. The van der Waals surface area contributed by atoms with Gasteiger partial charge in [0.05, 0.1) is 27.0 Å². The van der Waals surface area contributed by atoms with E-state index in [-0.39, 0.29) is 6.03 Å². The van der Waals surface area contributed by atoms with Gasteiger partial charge in [-0.1, -0.05) is 0 Å². The lowest BCUT2D eigenvalue weighted by Crippen LogP contribution is -2.50. The molecule has 10 heteroatoms. The smallest absolute Gasteiger partial charge is 0.321 e. The Morgan fingerprint density at radius 1 is 0.818 bits per heavy atom. The van der Waals surface area contributed by atoms with Crippen molar-refractivity contribution in [3.8, 4) is 17.2 Å². The maximum atomic E-state index is 12.9. The number of rotatable bonds is 6. The molecule has 0 aliphatic carbocycles. The highest BCUT2D eigenvalue weighted by Gasteiger charge is 2.24. The van der Waals surface area contributed by atoms with E-state index < -0.39 is 0 Å². The minimum absolute atomic E-state index is 0.166. The number of amides is 2. The van der Waals surface area contributed by atoms with Crippen molar-refractivity contribution in [2.75, 3.05) is 75.7 Å². The predicted molar refractivity (Wildman–Crippen MR) is 127 cm³/mol. The molecule has 0 spiro atoms. The van der Waals surface area contributed by atoms with Gasteiger partial charge in [-0.15, -0.1) is 0 Å². The van der Waals surface area contributed by atoms with E-state index in [0.29, 0.717) is 49.1 Å². The highest BCUT2D eigenvalue weighted by molar-refractivity contribution is 5.90. The molecule has 2 aliphatic rings. The number of anilines is 3. The van der Waals surface area contributed by atoms with Gasteiger partial charge in [-0.3, -0.25) is 0 Å². The molecule has 2 aromatic rings. The Labute approximate surface area is 194 Å². The maximum absolute atomic E-state index is 12.9. The van der Waals surface area contributed by atoms with Gasteiger partial charge in [-0.05, 0) is 19.8 Å². The zero-order chi connectivity index (χ0) is 23.4. The van der Waals surface area contributed by atoms with E-state index in [1.807, 2.05) is 6.92 Å². The highest BCUT2D eigenvalue weighted by Crippen LogP contribution is 2.40. The van der Waals surface area contributed by atoms with Gasteiger partial charge in [0.1, 0.15) is 17.5 Å². The lowest BCUT2D eigenvalue weighted by atomic mass is 10.2. The molecular weight excluding hydrogens is 424 g/mol. The van der Waals surface area contributed by atoms with Crippen molar-refractivity contribution < 1.29 is 19.0 Å². The van der Waals surface area contributed by atoms with Crippen LogP contribution in [0.15, 0.2) is 18.2 Å².